The Morgan fingerprint density at radius 3 is 2.74 bits per heavy atom. The van der Waals surface area contributed by atoms with Crippen molar-refractivity contribution in [2.75, 3.05) is 19.7 Å². The lowest BCUT2D eigenvalue weighted by atomic mass is 9.93. The molecule has 0 bridgehead atoms. The first-order valence-electron chi connectivity index (χ1n) is 7.17. The summed E-state index contributed by atoms with van der Waals surface area (Å²) in [6.07, 6.45) is 3.19. The molecule has 0 spiro atoms. The van der Waals surface area contributed by atoms with Crippen LogP contribution in [0, 0.1) is 11.8 Å². The van der Waals surface area contributed by atoms with Crippen molar-refractivity contribution in [3.63, 3.8) is 0 Å². The third-order valence-electron chi connectivity index (χ3n) is 3.49. The molecule has 1 saturated heterocycles. The largest absolute Gasteiger partial charge is 0.393 e. The van der Waals surface area contributed by atoms with Gasteiger partial charge in [-0.1, -0.05) is 33.0 Å². The average molecular weight is 286 g/mol. The van der Waals surface area contributed by atoms with E-state index in [1.165, 1.54) is 0 Å². The number of amides is 1. The van der Waals surface area contributed by atoms with Crippen molar-refractivity contribution < 1.29 is 9.53 Å². The van der Waals surface area contributed by atoms with Crippen molar-refractivity contribution in [1.82, 2.24) is 4.90 Å². The average Bonchev–Trinajstić information content (AvgIpc) is 2.35. The summed E-state index contributed by atoms with van der Waals surface area (Å²) in [4.78, 5) is 14.7. The zero-order valence-electron chi connectivity index (χ0n) is 12.2. The smallest absolute Gasteiger partial charge is 0.232 e. The van der Waals surface area contributed by atoms with E-state index in [4.69, 9.17) is 22.7 Å². The highest BCUT2D eigenvalue weighted by molar-refractivity contribution is 7.80. The minimum Gasteiger partial charge on any atom is -0.393 e. The lowest BCUT2D eigenvalue weighted by Crippen LogP contribution is -2.49. The van der Waals surface area contributed by atoms with E-state index in [-0.39, 0.29) is 23.8 Å². The zero-order chi connectivity index (χ0) is 14.4. The standard InChI is InChI=1S/C14H26N2O2S/c1-4-8-18-11-6-5-7-16(9-11)14(17)12(10(2)3)13(15)19/h10-12H,4-9H2,1-3H3,(H2,15,19). The van der Waals surface area contributed by atoms with Crippen LogP contribution >= 0.6 is 12.2 Å². The normalized spacial score (nSPS) is 21.5. The topological polar surface area (TPSA) is 55.6 Å². The molecular formula is C14H26N2O2S. The van der Waals surface area contributed by atoms with Crippen LogP contribution in [0.15, 0.2) is 0 Å². The van der Waals surface area contributed by atoms with E-state index in [0.29, 0.717) is 11.5 Å². The van der Waals surface area contributed by atoms with E-state index >= 15 is 0 Å². The third-order valence-corrected chi connectivity index (χ3v) is 3.74. The van der Waals surface area contributed by atoms with Crippen molar-refractivity contribution in [3.8, 4) is 0 Å². The molecule has 0 radical (unpaired) electrons. The van der Waals surface area contributed by atoms with Gasteiger partial charge >= 0.3 is 0 Å². The molecule has 1 aliphatic heterocycles. The molecule has 5 heteroatoms. The second-order valence-corrected chi connectivity index (χ2v) is 6.01. The first-order valence-corrected chi connectivity index (χ1v) is 7.57. The van der Waals surface area contributed by atoms with E-state index in [1.54, 1.807) is 0 Å². The van der Waals surface area contributed by atoms with Crippen LogP contribution < -0.4 is 5.73 Å². The fourth-order valence-electron chi connectivity index (χ4n) is 2.49. The Kier molecular flexibility index (Phi) is 6.72. The third kappa shape index (κ3) is 4.73. The van der Waals surface area contributed by atoms with Gasteiger partial charge in [0.2, 0.25) is 5.91 Å². The monoisotopic (exact) mass is 286 g/mol. The maximum absolute atomic E-state index is 12.5. The van der Waals surface area contributed by atoms with Gasteiger partial charge in [-0.05, 0) is 25.2 Å². The first-order chi connectivity index (χ1) is 8.97. The summed E-state index contributed by atoms with van der Waals surface area (Å²) in [6.45, 7) is 8.28. The molecule has 0 aliphatic carbocycles. The van der Waals surface area contributed by atoms with E-state index in [2.05, 4.69) is 6.92 Å². The molecule has 1 heterocycles. The van der Waals surface area contributed by atoms with Crippen molar-refractivity contribution >= 4 is 23.1 Å². The van der Waals surface area contributed by atoms with Gasteiger partial charge in [-0.3, -0.25) is 4.79 Å². The second kappa shape index (κ2) is 7.80. The maximum Gasteiger partial charge on any atom is 0.232 e. The molecule has 1 rings (SSSR count). The number of nitrogens with zero attached hydrogens (tertiary/aromatic N) is 1. The van der Waals surface area contributed by atoms with Crippen LogP contribution in [-0.4, -0.2) is 41.6 Å². The van der Waals surface area contributed by atoms with Crippen molar-refractivity contribution in [2.24, 2.45) is 17.6 Å². The van der Waals surface area contributed by atoms with Crippen LogP contribution in [0.4, 0.5) is 0 Å². The number of nitrogens with two attached hydrogens (primary N) is 1. The van der Waals surface area contributed by atoms with Crippen LogP contribution in [0.1, 0.15) is 40.0 Å². The lowest BCUT2D eigenvalue weighted by Gasteiger charge is -2.35. The van der Waals surface area contributed by atoms with Crippen LogP contribution in [0.2, 0.25) is 0 Å². The molecule has 110 valence electrons. The Labute approximate surface area is 121 Å². The number of carbonyl (C=O) groups is 1. The SMILES string of the molecule is CCCOC1CCCN(C(=O)C(C(N)=S)C(C)C)C1. The summed E-state index contributed by atoms with van der Waals surface area (Å²) >= 11 is 5.04. The Morgan fingerprint density at radius 2 is 2.21 bits per heavy atom. The first kappa shape index (κ1) is 16.4. The van der Waals surface area contributed by atoms with Gasteiger partial charge < -0.3 is 15.4 Å². The lowest BCUT2D eigenvalue weighted by molar-refractivity contribution is -0.138. The molecule has 0 aromatic rings. The molecule has 2 atom stereocenters. The quantitative estimate of drug-likeness (QED) is 0.758. The molecule has 1 fully saturated rings. The van der Waals surface area contributed by atoms with E-state index < -0.39 is 0 Å². The van der Waals surface area contributed by atoms with E-state index in [1.807, 2.05) is 18.7 Å². The second-order valence-electron chi connectivity index (χ2n) is 5.54. The fraction of sp³-hybridized carbons (Fsp3) is 0.857. The molecule has 2 N–H and O–H groups in total. The highest BCUT2D eigenvalue weighted by Gasteiger charge is 2.32. The molecule has 19 heavy (non-hydrogen) atoms. The molecular weight excluding hydrogens is 260 g/mol. The number of hydrogen-bond donors (Lipinski definition) is 1. The summed E-state index contributed by atoms with van der Waals surface area (Å²) < 4.78 is 5.76. The number of rotatable bonds is 6. The van der Waals surface area contributed by atoms with Crippen molar-refractivity contribution in [3.05, 3.63) is 0 Å². The van der Waals surface area contributed by atoms with Crippen LogP contribution in [-0.2, 0) is 9.53 Å². The van der Waals surface area contributed by atoms with Crippen molar-refractivity contribution in [2.45, 2.75) is 46.1 Å². The van der Waals surface area contributed by atoms with Crippen LogP contribution in [0.3, 0.4) is 0 Å². The van der Waals surface area contributed by atoms with Gasteiger partial charge in [0.25, 0.3) is 0 Å². The number of thiocarbonyl (C=S) groups is 1. The van der Waals surface area contributed by atoms with Gasteiger partial charge in [0.15, 0.2) is 0 Å². The molecule has 2 unspecified atom stereocenters. The van der Waals surface area contributed by atoms with Gasteiger partial charge in [-0.2, -0.15) is 0 Å². The maximum atomic E-state index is 12.5. The van der Waals surface area contributed by atoms with Gasteiger partial charge in [-0.15, -0.1) is 0 Å². The highest BCUT2D eigenvalue weighted by Crippen LogP contribution is 2.20. The minimum atomic E-state index is -0.347. The summed E-state index contributed by atoms with van der Waals surface area (Å²) in [5.74, 6) is -0.144. The molecule has 0 aromatic heterocycles. The predicted octanol–water partition coefficient (Wildman–Crippen LogP) is 1.96. The number of ether oxygens (including phenoxy) is 1. The Hall–Kier alpha value is -0.680. The van der Waals surface area contributed by atoms with Crippen LogP contribution in [0.25, 0.3) is 0 Å². The fourth-order valence-corrected chi connectivity index (χ4v) is 2.86. The van der Waals surface area contributed by atoms with E-state index in [9.17, 15) is 4.79 Å². The molecule has 1 aliphatic rings. The Morgan fingerprint density at radius 1 is 1.53 bits per heavy atom. The molecule has 0 aromatic carbocycles. The van der Waals surface area contributed by atoms with Gasteiger partial charge in [0, 0.05) is 19.7 Å². The Bertz CT molecular complexity index is 321. The van der Waals surface area contributed by atoms with Gasteiger partial charge in [-0.25, -0.2) is 0 Å². The number of carbonyl (C=O) groups excluding carboxylic acids is 1. The summed E-state index contributed by atoms with van der Waals surface area (Å²) in [5.41, 5.74) is 5.71. The highest BCUT2D eigenvalue weighted by atomic mass is 32.1. The molecule has 4 nitrogen and oxygen atoms in total. The van der Waals surface area contributed by atoms with Gasteiger partial charge in [0.05, 0.1) is 17.0 Å². The zero-order valence-corrected chi connectivity index (χ0v) is 13.0. The molecule has 1 amide bonds. The summed E-state index contributed by atoms with van der Waals surface area (Å²) in [5, 5.41) is 0. The summed E-state index contributed by atoms with van der Waals surface area (Å²) in [6, 6.07) is 0. The Balaban J connectivity index is 2.62. The van der Waals surface area contributed by atoms with Crippen LogP contribution in [0.5, 0.6) is 0 Å². The molecule has 0 saturated carbocycles. The van der Waals surface area contributed by atoms with Crippen molar-refractivity contribution in [1.29, 1.82) is 0 Å². The number of hydrogen-bond acceptors (Lipinski definition) is 3. The van der Waals surface area contributed by atoms with Gasteiger partial charge in [0.1, 0.15) is 0 Å². The summed E-state index contributed by atoms with van der Waals surface area (Å²) in [7, 11) is 0. The number of piperidine rings is 1. The minimum absolute atomic E-state index is 0.0623. The number of likely N-dealkylation sites (tertiary alicyclic amines) is 1. The predicted molar refractivity (Wildman–Crippen MR) is 81.0 cm³/mol. The van der Waals surface area contributed by atoms with E-state index in [0.717, 1.165) is 32.4 Å².